The highest BCUT2D eigenvalue weighted by molar-refractivity contribution is 7.99. The van der Waals surface area contributed by atoms with Crippen molar-refractivity contribution in [2.45, 2.75) is 50.4 Å². The summed E-state index contributed by atoms with van der Waals surface area (Å²) >= 11 is 1.86. The molecule has 0 bridgehead atoms. The van der Waals surface area contributed by atoms with Gasteiger partial charge in [-0.05, 0) is 20.3 Å². The zero-order chi connectivity index (χ0) is 11.6. The SMILES string of the molecule is Cc1nn(C)c(SC(C)C)c1CC(C)N. The van der Waals surface area contributed by atoms with Gasteiger partial charge in [-0.1, -0.05) is 13.8 Å². The minimum Gasteiger partial charge on any atom is -0.328 e. The number of aromatic nitrogens is 2. The van der Waals surface area contributed by atoms with E-state index < -0.39 is 0 Å². The molecule has 86 valence electrons. The maximum atomic E-state index is 5.86. The first kappa shape index (κ1) is 12.6. The molecule has 0 aliphatic carbocycles. The van der Waals surface area contributed by atoms with Crippen molar-refractivity contribution in [3.8, 4) is 0 Å². The van der Waals surface area contributed by atoms with E-state index in [1.165, 1.54) is 10.6 Å². The van der Waals surface area contributed by atoms with Gasteiger partial charge in [-0.25, -0.2) is 0 Å². The van der Waals surface area contributed by atoms with Crippen LogP contribution in [0.5, 0.6) is 0 Å². The van der Waals surface area contributed by atoms with Crippen molar-refractivity contribution < 1.29 is 0 Å². The first-order chi connectivity index (χ1) is 6.91. The lowest BCUT2D eigenvalue weighted by Crippen LogP contribution is -2.18. The topological polar surface area (TPSA) is 43.8 Å². The maximum Gasteiger partial charge on any atom is 0.0974 e. The summed E-state index contributed by atoms with van der Waals surface area (Å²) < 4.78 is 1.97. The van der Waals surface area contributed by atoms with Gasteiger partial charge in [0.05, 0.1) is 10.7 Å². The van der Waals surface area contributed by atoms with Crippen LogP contribution in [0.1, 0.15) is 32.0 Å². The first-order valence-electron chi connectivity index (χ1n) is 5.36. The summed E-state index contributed by atoms with van der Waals surface area (Å²) in [6.07, 6.45) is 0.911. The monoisotopic (exact) mass is 227 g/mol. The standard InChI is InChI=1S/C11H21N3S/c1-7(2)15-11-10(6-8(3)12)9(4)13-14(11)5/h7-8H,6,12H2,1-5H3. The molecule has 4 heteroatoms. The van der Waals surface area contributed by atoms with Crippen molar-refractivity contribution in [2.24, 2.45) is 12.8 Å². The minimum atomic E-state index is 0.194. The van der Waals surface area contributed by atoms with E-state index in [1.54, 1.807) is 0 Å². The van der Waals surface area contributed by atoms with E-state index in [9.17, 15) is 0 Å². The third-order valence-corrected chi connectivity index (χ3v) is 3.37. The molecule has 0 fully saturated rings. The van der Waals surface area contributed by atoms with Crippen molar-refractivity contribution in [2.75, 3.05) is 0 Å². The molecule has 1 rings (SSSR count). The Morgan fingerprint density at radius 2 is 2.00 bits per heavy atom. The van der Waals surface area contributed by atoms with Gasteiger partial charge in [0, 0.05) is 23.9 Å². The third-order valence-electron chi connectivity index (χ3n) is 2.16. The van der Waals surface area contributed by atoms with Gasteiger partial charge >= 0.3 is 0 Å². The average molecular weight is 227 g/mol. The van der Waals surface area contributed by atoms with Crippen molar-refractivity contribution >= 4 is 11.8 Å². The molecule has 0 aromatic carbocycles. The molecular formula is C11H21N3S. The van der Waals surface area contributed by atoms with Crippen LogP contribution in [-0.4, -0.2) is 21.1 Å². The van der Waals surface area contributed by atoms with E-state index in [0.717, 1.165) is 12.1 Å². The van der Waals surface area contributed by atoms with Crippen LogP contribution in [0.4, 0.5) is 0 Å². The summed E-state index contributed by atoms with van der Waals surface area (Å²) in [6, 6.07) is 0.194. The molecular weight excluding hydrogens is 206 g/mol. The van der Waals surface area contributed by atoms with Gasteiger partial charge in [0.25, 0.3) is 0 Å². The average Bonchev–Trinajstić information content (AvgIpc) is 2.30. The zero-order valence-electron chi connectivity index (χ0n) is 10.2. The second-order valence-electron chi connectivity index (χ2n) is 4.34. The molecule has 0 aliphatic heterocycles. The van der Waals surface area contributed by atoms with E-state index in [-0.39, 0.29) is 6.04 Å². The number of nitrogens with two attached hydrogens (primary N) is 1. The van der Waals surface area contributed by atoms with E-state index in [4.69, 9.17) is 5.73 Å². The van der Waals surface area contributed by atoms with Crippen LogP contribution in [0.3, 0.4) is 0 Å². The van der Waals surface area contributed by atoms with Gasteiger partial charge in [0.2, 0.25) is 0 Å². The van der Waals surface area contributed by atoms with Crippen LogP contribution in [0.15, 0.2) is 5.03 Å². The molecule has 15 heavy (non-hydrogen) atoms. The van der Waals surface area contributed by atoms with Crippen LogP contribution in [-0.2, 0) is 13.5 Å². The van der Waals surface area contributed by atoms with Crippen LogP contribution in [0, 0.1) is 6.92 Å². The number of nitrogens with zero attached hydrogens (tertiary/aromatic N) is 2. The highest BCUT2D eigenvalue weighted by Gasteiger charge is 2.15. The van der Waals surface area contributed by atoms with Crippen LogP contribution in [0.25, 0.3) is 0 Å². The lowest BCUT2D eigenvalue weighted by molar-refractivity contribution is 0.676. The number of thioether (sulfide) groups is 1. The van der Waals surface area contributed by atoms with E-state index in [2.05, 4.69) is 25.9 Å². The summed E-state index contributed by atoms with van der Waals surface area (Å²) in [7, 11) is 2.00. The summed E-state index contributed by atoms with van der Waals surface area (Å²) in [5.41, 5.74) is 8.28. The van der Waals surface area contributed by atoms with Gasteiger partial charge in [0.15, 0.2) is 0 Å². The normalized spacial score (nSPS) is 13.5. The highest BCUT2D eigenvalue weighted by atomic mass is 32.2. The van der Waals surface area contributed by atoms with Crippen molar-refractivity contribution in [3.63, 3.8) is 0 Å². The predicted molar refractivity (Wildman–Crippen MR) is 66.3 cm³/mol. The number of rotatable bonds is 4. The minimum absolute atomic E-state index is 0.194. The molecule has 1 heterocycles. The van der Waals surface area contributed by atoms with Crippen molar-refractivity contribution in [1.82, 2.24) is 9.78 Å². The Balaban J connectivity index is 3.00. The molecule has 3 nitrogen and oxygen atoms in total. The van der Waals surface area contributed by atoms with Crippen LogP contribution < -0.4 is 5.73 Å². The summed E-state index contributed by atoms with van der Waals surface area (Å²) in [6.45, 7) is 8.49. The zero-order valence-corrected chi connectivity index (χ0v) is 11.1. The lowest BCUT2D eigenvalue weighted by Gasteiger charge is -2.10. The Labute approximate surface area is 96.4 Å². The predicted octanol–water partition coefficient (Wildman–Crippen LogP) is 2.12. The summed E-state index contributed by atoms with van der Waals surface area (Å²) in [5, 5.41) is 6.30. The molecule has 1 unspecified atom stereocenters. The van der Waals surface area contributed by atoms with Crippen LogP contribution in [0.2, 0.25) is 0 Å². The molecule has 2 N–H and O–H groups in total. The van der Waals surface area contributed by atoms with E-state index in [0.29, 0.717) is 5.25 Å². The number of hydrogen-bond acceptors (Lipinski definition) is 3. The van der Waals surface area contributed by atoms with Crippen LogP contribution >= 0.6 is 11.8 Å². The Bertz CT molecular complexity index is 298. The Morgan fingerprint density at radius 3 is 2.47 bits per heavy atom. The molecule has 0 saturated heterocycles. The molecule has 0 aliphatic rings. The fourth-order valence-electron chi connectivity index (χ4n) is 1.61. The molecule has 0 saturated carbocycles. The van der Waals surface area contributed by atoms with Crippen molar-refractivity contribution in [1.29, 1.82) is 0 Å². The molecule has 0 spiro atoms. The molecule has 1 aromatic rings. The quantitative estimate of drug-likeness (QED) is 0.801. The maximum absolute atomic E-state index is 5.86. The van der Waals surface area contributed by atoms with Gasteiger partial charge in [-0.15, -0.1) is 11.8 Å². The second kappa shape index (κ2) is 5.03. The summed E-state index contributed by atoms with van der Waals surface area (Å²) in [4.78, 5) is 0. The van der Waals surface area contributed by atoms with E-state index in [1.807, 2.05) is 30.4 Å². The molecule has 0 radical (unpaired) electrons. The second-order valence-corrected chi connectivity index (χ2v) is 5.91. The Kier molecular flexibility index (Phi) is 4.22. The smallest absolute Gasteiger partial charge is 0.0974 e. The van der Waals surface area contributed by atoms with Crippen molar-refractivity contribution in [3.05, 3.63) is 11.3 Å². The Hall–Kier alpha value is -0.480. The highest BCUT2D eigenvalue weighted by Crippen LogP contribution is 2.28. The lowest BCUT2D eigenvalue weighted by atomic mass is 10.1. The largest absolute Gasteiger partial charge is 0.328 e. The number of aryl methyl sites for hydroxylation is 2. The fraction of sp³-hybridized carbons (Fsp3) is 0.727. The van der Waals surface area contributed by atoms with Gasteiger partial charge in [-0.2, -0.15) is 5.10 Å². The first-order valence-corrected chi connectivity index (χ1v) is 6.24. The van der Waals surface area contributed by atoms with Gasteiger partial charge in [-0.3, -0.25) is 4.68 Å². The molecule has 1 aromatic heterocycles. The van der Waals surface area contributed by atoms with E-state index >= 15 is 0 Å². The summed E-state index contributed by atoms with van der Waals surface area (Å²) in [5.74, 6) is 0. The third kappa shape index (κ3) is 3.24. The van der Waals surface area contributed by atoms with Gasteiger partial charge in [0.1, 0.15) is 0 Å². The molecule has 0 amide bonds. The van der Waals surface area contributed by atoms with Gasteiger partial charge < -0.3 is 5.73 Å². The fourth-order valence-corrected chi connectivity index (χ4v) is 2.62. The molecule has 1 atom stereocenters. The number of hydrogen-bond donors (Lipinski definition) is 1. The Morgan fingerprint density at radius 1 is 1.40 bits per heavy atom.